The predicted molar refractivity (Wildman–Crippen MR) is 95.7 cm³/mol. The third kappa shape index (κ3) is 4.78. The summed E-state index contributed by atoms with van der Waals surface area (Å²) >= 11 is 1.65. The zero-order valence-electron chi connectivity index (χ0n) is 13.5. The van der Waals surface area contributed by atoms with E-state index in [9.17, 15) is 12.8 Å². The zero-order valence-corrected chi connectivity index (χ0v) is 15.2. The molecule has 2 aromatic rings. The Labute approximate surface area is 145 Å². The largest absolute Gasteiger partial charge is 0.355 e. The summed E-state index contributed by atoms with van der Waals surface area (Å²) in [5, 5.41) is 8.09. The molecule has 5 nitrogen and oxygen atoms in total. The molecule has 2 N–H and O–H groups in total. The average molecular weight is 369 g/mol. The number of sulfone groups is 1. The van der Waals surface area contributed by atoms with E-state index in [-0.39, 0.29) is 17.2 Å². The topological polar surface area (TPSA) is 70.6 Å². The summed E-state index contributed by atoms with van der Waals surface area (Å²) in [6, 6.07) is 7.43. The first-order chi connectivity index (χ1) is 11.4. The number of aliphatic imine (C=N–C) groups is 1. The first kappa shape index (κ1) is 18.4. The van der Waals surface area contributed by atoms with Crippen molar-refractivity contribution >= 4 is 27.1 Å². The van der Waals surface area contributed by atoms with Crippen LogP contribution >= 0.6 is 11.3 Å². The van der Waals surface area contributed by atoms with Gasteiger partial charge in [0.15, 0.2) is 15.8 Å². The molecule has 1 heterocycles. The Hall–Kier alpha value is -1.93. The van der Waals surface area contributed by atoms with Gasteiger partial charge in [0, 0.05) is 18.5 Å². The van der Waals surface area contributed by atoms with Crippen LogP contribution in [0.25, 0.3) is 0 Å². The molecule has 0 radical (unpaired) electrons. The van der Waals surface area contributed by atoms with Crippen LogP contribution in [0.1, 0.15) is 10.4 Å². The van der Waals surface area contributed by atoms with Crippen LogP contribution in [0.3, 0.4) is 0 Å². The lowest BCUT2D eigenvalue weighted by Gasteiger charge is -2.12. The molecular weight excluding hydrogens is 349 g/mol. The molecule has 0 amide bonds. The molecule has 8 heteroatoms. The number of hydrogen-bond acceptors (Lipinski definition) is 4. The van der Waals surface area contributed by atoms with Gasteiger partial charge < -0.3 is 10.6 Å². The van der Waals surface area contributed by atoms with Gasteiger partial charge >= 0.3 is 0 Å². The predicted octanol–water partition coefficient (Wildman–Crippen LogP) is 2.33. The van der Waals surface area contributed by atoms with Gasteiger partial charge in [-0.05, 0) is 36.1 Å². The summed E-state index contributed by atoms with van der Waals surface area (Å²) in [7, 11) is -2.06. The molecule has 0 fully saturated rings. The maximum absolute atomic E-state index is 13.6. The second kappa shape index (κ2) is 8.25. The molecule has 0 unspecified atom stereocenters. The fourth-order valence-corrected chi connectivity index (χ4v) is 4.17. The van der Waals surface area contributed by atoms with Gasteiger partial charge in [0.25, 0.3) is 0 Å². The van der Waals surface area contributed by atoms with Crippen molar-refractivity contribution in [1.82, 2.24) is 10.6 Å². The smallest absolute Gasteiger partial charge is 0.191 e. The quantitative estimate of drug-likeness (QED) is 0.606. The molecule has 130 valence electrons. The Morgan fingerprint density at radius 2 is 2.00 bits per heavy atom. The highest BCUT2D eigenvalue weighted by atomic mass is 32.2. The Balaban J connectivity index is 1.88. The molecular formula is C16H20FN3O2S2. The third-order valence-electron chi connectivity index (χ3n) is 3.44. The average Bonchev–Trinajstić information content (AvgIpc) is 2.96. The highest BCUT2D eigenvalue weighted by Crippen LogP contribution is 2.15. The van der Waals surface area contributed by atoms with Crippen LogP contribution in [0.15, 0.2) is 45.6 Å². The van der Waals surface area contributed by atoms with Gasteiger partial charge in [0.1, 0.15) is 10.7 Å². The van der Waals surface area contributed by atoms with E-state index in [0.717, 1.165) is 6.07 Å². The minimum absolute atomic E-state index is 0.139. The standard InChI is InChI=1S/C16H20FN3O2S2/c1-12-7-9-23-14(12)11-20-16(18-2)19-8-10-24(21,22)15-6-4-3-5-13(15)17/h3-7,9H,8,10-11H2,1-2H3,(H2,18,19,20). The monoisotopic (exact) mass is 369 g/mol. The zero-order chi connectivity index (χ0) is 17.6. The molecule has 2 rings (SSSR count). The highest BCUT2D eigenvalue weighted by molar-refractivity contribution is 7.91. The van der Waals surface area contributed by atoms with E-state index in [0.29, 0.717) is 12.5 Å². The third-order valence-corrected chi connectivity index (χ3v) is 6.21. The minimum atomic E-state index is -3.68. The van der Waals surface area contributed by atoms with Crippen LogP contribution in [-0.4, -0.2) is 33.7 Å². The molecule has 0 aliphatic heterocycles. The lowest BCUT2D eigenvalue weighted by molar-refractivity contribution is 0.566. The molecule has 0 aliphatic carbocycles. The Morgan fingerprint density at radius 3 is 2.62 bits per heavy atom. The highest BCUT2D eigenvalue weighted by Gasteiger charge is 2.18. The van der Waals surface area contributed by atoms with Crippen LogP contribution in [-0.2, 0) is 16.4 Å². The van der Waals surface area contributed by atoms with E-state index in [2.05, 4.69) is 15.6 Å². The second-order valence-corrected chi connectivity index (χ2v) is 8.21. The van der Waals surface area contributed by atoms with Gasteiger partial charge in [-0.15, -0.1) is 11.3 Å². The number of halogens is 1. The lowest BCUT2D eigenvalue weighted by Crippen LogP contribution is -2.39. The number of aryl methyl sites for hydroxylation is 1. The van der Waals surface area contributed by atoms with E-state index >= 15 is 0 Å². The van der Waals surface area contributed by atoms with Crippen molar-refractivity contribution in [2.24, 2.45) is 4.99 Å². The summed E-state index contributed by atoms with van der Waals surface area (Å²) < 4.78 is 38.0. The van der Waals surface area contributed by atoms with Gasteiger partial charge in [-0.25, -0.2) is 12.8 Å². The maximum atomic E-state index is 13.6. The van der Waals surface area contributed by atoms with Crippen molar-refractivity contribution in [3.05, 3.63) is 52.0 Å². The summed E-state index contributed by atoms with van der Waals surface area (Å²) in [5.74, 6) is -0.438. The first-order valence-corrected chi connectivity index (χ1v) is 9.92. The molecule has 0 bridgehead atoms. The Bertz CT molecular complexity index is 816. The summed E-state index contributed by atoms with van der Waals surface area (Å²) in [6.07, 6.45) is 0. The van der Waals surface area contributed by atoms with Gasteiger partial charge in [-0.1, -0.05) is 12.1 Å². The van der Waals surface area contributed by atoms with E-state index in [1.165, 1.54) is 28.6 Å². The van der Waals surface area contributed by atoms with Gasteiger partial charge in [0.05, 0.1) is 12.3 Å². The van der Waals surface area contributed by atoms with E-state index < -0.39 is 15.7 Å². The van der Waals surface area contributed by atoms with Gasteiger partial charge in [0.2, 0.25) is 0 Å². The van der Waals surface area contributed by atoms with Crippen molar-refractivity contribution in [2.75, 3.05) is 19.3 Å². The molecule has 1 aromatic carbocycles. The second-order valence-electron chi connectivity index (χ2n) is 5.13. The molecule has 24 heavy (non-hydrogen) atoms. The van der Waals surface area contributed by atoms with E-state index in [4.69, 9.17) is 0 Å². The van der Waals surface area contributed by atoms with Crippen molar-refractivity contribution in [3.63, 3.8) is 0 Å². The molecule has 0 saturated heterocycles. The van der Waals surface area contributed by atoms with Crippen LogP contribution < -0.4 is 10.6 Å². The fraction of sp³-hybridized carbons (Fsp3) is 0.312. The van der Waals surface area contributed by atoms with Crippen LogP contribution in [0, 0.1) is 12.7 Å². The van der Waals surface area contributed by atoms with Crippen LogP contribution in [0.4, 0.5) is 4.39 Å². The van der Waals surface area contributed by atoms with Crippen LogP contribution in [0.2, 0.25) is 0 Å². The SMILES string of the molecule is CN=C(NCCS(=O)(=O)c1ccccc1F)NCc1sccc1C. The molecule has 0 aliphatic rings. The van der Waals surface area contributed by atoms with Crippen molar-refractivity contribution < 1.29 is 12.8 Å². The number of benzene rings is 1. The van der Waals surface area contributed by atoms with Gasteiger partial charge in [-0.2, -0.15) is 0 Å². The minimum Gasteiger partial charge on any atom is -0.355 e. The van der Waals surface area contributed by atoms with Crippen molar-refractivity contribution in [3.8, 4) is 0 Å². The number of hydrogen-bond donors (Lipinski definition) is 2. The fourth-order valence-electron chi connectivity index (χ4n) is 2.08. The number of nitrogens with one attached hydrogen (secondary N) is 2. The number of nitrogens with zero attached hydrogens (tertiary/aromatic N) is 1. The van der Waals surface area contributed by atoms with E-state index in [1.807, 2.05) is 18.4 Å². The maximum Gasteiger partial charge on any atom is 0.191 e. The lowest BCUT2D eigenvalue weighted by atomic mass is 10.3. The number of thiophene rings is 1. The first-order valence-electron chi connectivity index (χ1n) is 7.39. The normalized spacial score (nSPS) is 12.2. The molecule has 0 atom stereocenters. The van der Waals surface area contributed by atoms with Crippen LogP contribution in [0.5, 0.6) is 0 Å². The Morgan fingerprint density at radius 1 is 1.25 bits per heavy atom. The summed E-state index contributed by atoms with van der Waals surface area (Å²) in [6.45, 7) is 2.79. The summed E-state index contributed by atoms with van der Waals surface area (Å²) in [4.78, 5) is 4.97. The van der Waals surface area contributed by atoms with Crippen molar-refractivity contribution in [1.29, 1.82) is 0 Å². The number of guanidine groups is 1. The molecule has 0 saturated carbocycles. The van der Waals surface area contributed by atoms with E-state index in [1.54, 1.807) is 18.4 Å². The number of rotatable bonds is 6. The molecule has 0 spiro atoms. The summed E-state index contributed by atoms with van der Waals surface area (Å²) in [5.41, 5.74) is 1.20. The van der Waals surface area contributed by atoms with Gasteiger partial charge in [-0.3, -0.25) is 4.99 Å². The van der Waals surface area contributed by atoms with Crippen molar-refractivity contribution in [2.45, 2.75) is 18.4 Å². The Kier molecular flexibility index (Phi) is 6.33. The molecule has 1 aromatic heterocycles.